The highest BCUT2D eigenvalue weighted by molar-refractivity contribution is 6.16. The third kappa shape index (κ3) is 2.63. The summed E-state index contributed by atoms with van der Waals surface area (Å²) in [4.78, 5) is 8.55. The summed E-state index contributed by atoms with van der Waals surface area (Å²) in [6, 6.07) is 3.22. The average molecular weight is 309 g/mol. The summed E-state index contributed by atoms with van der Waals surface area (Å²) < 4.78 is 20.7. The summed E-state index contributed by atoms with van der Waals surface area (Å²) in [5.74, 6) is 1.87. The third-order valence-corrected chi connectivity index (χ3v) is 3.59. The molecule has 0 bridgehead atoms. The van der Waals surface area contributed by atoms with E-state index in [2.05, 4.69) is 15.1 Å². The zero-order valence-electron chi connectivity index (χ0n) is 11.7. The van der Waals surface area contributed by atoms with Crippen molar-refractivity contribution in [2.45, 2.75) is 32.7 Å². The van der Waals surface area contributed by atoms with Crippen LogP contribution in [0.15, 0.2) is 16.7 Å². The van der Waals surface area contributed by atoms with Gasteiger partial charge < -0.3 is 9.09 Å². The van der Waals surface area contributed by atoms with Gasteiger partial charge in [0, 0.05) is 19.0 Å². The van der Waals surface area contributed by atoms with Crippen LogP contribution in [0.5, 0.6) is 0 Å². The lowest BCUT2D eigenvalue weighted by atomic mass is 10.2. The Morgan fingerprint density at radius 1 is 1.29 bits per heavy atom. The number of nitrogens with zero attached hydrogens (tertiary/aromatic N) is 4. The first kappa shape index (κ1) is 14.0. The van der Waals surface area contributed by atoms with Crippen molar-refractivity contribution < 1.29 is 8.91 Å². The van der Waals surface area contributed by atoms with Gasteiger partial charge in [0.25, 0.3) is 0 Å². The summed E-state index contributed by atoms with van der Waals surface area (Å²) in [7, 11) is 0. The van der Waals surface area contributed by atoms with Gasteiger partial charge >= 0.3 is 0 Å². The lowest BCUT2D eigenvalue weighted by Crippen LogP contribution is -2.05. The second-order valence-electron chi connectivity index (χ2n) is 4.89. The maximum Gasteiger partial charge on any atom is 0.228 e. The molecule has 0 aliphatic heterocycles. The van der Waals surface area contributed by atoms with E-state index < -0.39 is 0 Å². The van der Waals surface area contributed by atoms with Gasteiger partial charge in [0.2, 0.25) is 5.89 Å². The Labute approximate surface area is 125 Å². The van der Waals surface area contributed by atoms with Crippen molar-refractivity contribution in [3.8, 4) is 0 Å². The molecule has 2 aromatic heterocycles. The molecule has 2 heterocycles. The highest BCUT2D eigenvalue weighted by Crippen LogP contribution is 2.21. The van der Waals surface area contributed by atoms with Crippen LogP contribution < -0.4 is 0 Å². The van der Waals surface area contributed by atoms with Gasteiger partial charge in [-0.05, 0) is 25.5 Å². The molecule has 0 saturated carbocycles. The second kappa shape index (κ2) is 5.44. The standard InChI is InChI=1S/C14H14ClFN4O/c1-8-5-12-11(6-10(8)16)18-13(7-15)20(12)4-3-14-17-9(2)19-21-14/h5-6H,3-4,7H2,1-2H3. The maximum absolute atomic E-state index is 13.6. The SMILES string of the molecule is Cc1noc(CCn2c(CCl)nc3cc(F)c(C)cc32)n1. The highest BCUT2D eigenvalue weighted by atomic mass is 35.5. The molecule has 5 nitrogen and oxygen atoms in total. The van der Waals surface area contributed by atoms with Gasteiger partial charge in [-0.2, -0.15) is 4.98 Å². The van der Waals surface area contributed by atoms with Crippen molar-refractivity contribution in [1.82, 2.24) is 19.7 Å². The number of fused-ring (bicyclic) bond motifs is 1. The van der Waals surface area contributed by atoms with E-state index >= 15 is 0 Å². The monoisotopic (exact) mass is 308 g/mol. The van der Waals surface area contributed by atoms with Gasteiger partial charge in [0.15, 0.2) is 5.82 Å². The Hall–Kier alpha value is -1.95. The molecule has 3 rings (SSSR count). The van der Waals surface area contributed by atoms with Crippen LogP contribution in [0.2, 0.25) is 0 Å². The molecule has 7 heteroatoms. The predicted octanol–water partition coefficient (Wildman–Crippen LogP) is 3.16. The first-order valence-corrected chi connectivity index (χ1v) is 7.12. The van der Waals surface area contributed by atoms with E-state index in [1.165, 1.54) is 6.07 Å². The minimum atomic E-state index is -0.263. The fourth-order valence-electron chi connectivity index (χ4n) is 2.30. The molecule has 0 saturated heterocycles. The molecule has 0 N–H and O–H groups in total. The summed E-state index contributed by atoms with van der Waals surface area (Å²) in [6.07, 6.45) is 0.576. The van der Waals surface area contributed by atoms with E-state index in [-0.39, 0.29) is 11.7 Å². The Balaban J connectivity index is 1.97. The zero-order chi connectivity index (χ0) is 15.0. The van der Waals surface area contributed by atoms with Crippen molar-refractivity contribution in [2.24, 2.45) is 0 Å². The van der Waals surface area contributed by atoms with Crippen molar-refractivity contribution in [3.05, 3.63) is 41.1 Å². The number of hydrogen-bond donors (Lipinski definition) is 0. The summed E-state index contributed by atoms with van der Waals surface area (Å²) >= 11 is 5.94. The van der Waals surface area contributed by atoms with Crippen LogP contribution in [0, 0.1) is 19.7 Å². The molecule has 0 aliphatic rings. The molecular formula is C14H14ClFN4O. The van der Waals surface area contributed by atoms with Crippen LogP contribution in [-0.2, 0) is 18.8 Å². The van der Waals surface area contributed by atoms with Gasteiger partial charge in [-0.25, -0.2) is 9.37 Å². The lowest BCUT2D eigenvalue weighted by Gasteiger charge is -2.06. The molecule has 0 unspecified atom stereocenters. The normalized spacial score (nSPS) is 11.4. The molecule has 0 aliphatic carbocycles. The molecule has 0 amide bonds. The summed E-state index contributed by atoms with van der Waals surface area (Å²) in [5, 5.41) is 3.76. The molecule has 0 radical (unpaired) electrons. The molecule has 0 fully saturated rings. The Morgan fingerprint density at radius 3 is 2.76 bits per heavy atom. The average Bonchev–Trinajstić information content (AvgIpc) is 3.01. The molecule has 3 aromatic rings. The van der Waals surface area contributed by atoms with E-state index in [1.54, 1.807) is 19.9 Å². The topological polar surface area (TPSA) is 56.7 Å². The lowest BCUT2D eigenvalue weighted by molar-refractivity contribution is 0.368. The van der Waals surface area contributed by atoms with Gasteiger partial charge in [0.1, 0.15) is 11.6 Å². The number of aromatic nitrogens is 4. The minimum Gasteiger partial charge on any atom is -0.339 e. The van der Waals surface area contributed by atoms with Crippen LogP contribution in [0.1, 0.15) is 23.1 Å². The predicted molar refractivity (Wildman–Crippen MR) is 76.7 cm³/mol. The van der Waals surface area contributed by atoms with Crippen LogP contribution in [0.3, 0.4) is 0 Å². The molecule has 0 spiro atoms. The number of halogens is 2. The van der Waals surface area contributed by atoms with Crippen molar-refractivity contribution in [1.29, 1.82) is 0 Å². The molecule has 1 aromatic carbocycles. The van der Waals surface area contributed by atoms with E-state index in [0.29, 0.717) is 41.6 Å². The van der Waals surface area contributed by atoms with Gasteiger partial charge in [-0.3, -0.25) is 0 Å². The third-order valence-electron chi connectivity index (χ3n) is 3.35. The van der Waals surface area contributed by atoms with Crippen molar-refractivity contribution >= 4 is 22.6 Å². The van der Waals surface area contributed by atoms with E-state index in [0.717, 1.165) is 5.52 Å². The maximum atomic E-state index is 13.6. The number of rotatable bonds is 4. The Bertz CT molecular complexity index is 796. The number of imidazole rings is 1. The Morgan fingerprint density at radius 2 is 2.10 bits per heavy atom. The van der Waals surface area contributed by atoms with Crippen LogP contribution in [-0.4, -0.2) is 19.7 Å². The quantitative estimate of drug-likeness (QED) is 0.695. The van der Waals surface area contributed by atoms with Crippen molar-refractivity contribution in [3.63, 3.8) is 0 Å². The smallest absolute Gasteiger partial charge is 0.228 e. The second-order valence-corrected chi connectivity index (χ2v) is 5.16. The summed E-state index contributed by atoms with van der Waals surface area (Å²) in [5.41, 5.74) is 2.05. The zero-order valence-corrected chi connectivity index (χ0v) is 12.5. The van der Waals surface area contributed by atoms with Gasteiger partial charge in [0.05, 0.1) is 16.9 Å². The molecular weight excluding hydrogens is 295 g/mol. The first-order valence-electron chi connectivity index (χ1n) is 6.59. The molecule has 21 heavy (non-hydrogen) atoms. The van der Waals surface area contributed by atoms with Gasteiger partial charge in [-0.15, -0.1) is 11.6 Å². The molecule has 0 atom stereocenters. The number of alkyl halides is 1. The Kier molecular flexibility index (Phi) is 3.63. The largest absolute Gasteiger partial charge is 0.339 e. The van der Waals surface area contributed by atoms with E-state index in [1.807, 2.05) is 4.57 Å². The van der Waals surface area contributed by atoms with Crippen LogP contribution >= 0.6 is 11.6 Å². The number of benzene rings is 1. The van der Waals surface area contributed by atoms with Crippen LogP contribution in [0.25, 0.3) is 11.0 Å². The van der Waals surface area contributed by atoms with E-state index in [9.17, 15) is 4.39 Å². The fourth-order valence-corrected chi connectivity index (χ4v) is 2.50. The number of hydrogen-bond acceptors (Lipinski definition) is 4. The minimum absolute atomic E-state index is 0.262. The highest BCUT2D eigenvalue weighted by Gasteiger charge is 2.13. The van der Waals surface area contributed by atoms with E-state index in [4.69, 9.17) is 16.1 Å². The number of aryl methyl sites for hydroxylation is 4. The molecule has 110 valence electrons. The van der Waals surface area contributed by atoms with Crippen molar-refractivity contribution in [2.75, 3.05) is 0 Å². The fraction of sp³-hybridized carbons (Fsp3) is 0.357. The first-order chi connectivity index (χ1) is 10.1. The summed E-state index contributed by atoms with van der Waals surface area (Å²) in [6.45, 7) is 4.11. The van der Waals surface area contributed by atoms with Crippen LogP contribution in [0.4, 0.5) is 4.39 Å². The van der Waals surface area contributed by atoms with Gasteiger partial charge in [-0.1, -0.05) is 5.16 Å².